The summed E-state index contributed by atoms with van der Waals surface area (Å²) in [5.41, 5.74) is -0.142. The fraction of sp³-hybridized carbons (Fsp3) is 1.00. The van der Waals surface area contributed by atoms with Crippen LogP contribution < -0.4 is 5.32 Å². The second kappa shape index (κ2) is 5.70. The highest BCUT2D eigenvalue weighted by atomic mass is 32.2. The second-order valence-corrected chi connectivity index (χ2v) is 8.77. The monoisotopic (exact) mass is 288 g/mol. The first-order valence-electron chi connectivity index (χ1n) is 7.55. The average Bonchev–Trinajstić information content (AvgIpc) is 2.58. The van der Waals surface area contributed by atoms with Gasteiger partial charge < -0.3 is 5.32 Å². The minimum atomic E-state index is -2.82. The molecule has 3 unspecified atom stereocenters. The van der Waals surface area contributed by atoms with Gasteiger partial charge in [0.05, 0.1) is 11.5 Å². The summed E-state index contributed by atoms with van der Waals surface area (Å²) < 4.78 is 23.6. The van der Waals surface area contributed by atoms with Crippen LogP contribution in [-0.2, 0) is 9.84 Å². The zero-order valence-corrected chi connectivity index (χ0v) is 13.3. The van der Waals surface area contributed by atoms with Crippen LogP contribution in [0.3, 0.4) is 0 Å². The highest BCUT2D eigenvalue weighted by Gasteiger charge is 2.43. The number of nitrogens with one attached hydrogen (secondary N) is 1. The van der Waals surface area contributed by atoms with Gasteiger partial charge in [0.15, 0.2) is 9.84 Å². The maximum absolute atomic E-state index is 11.8. The Morgan fingerprint density at radius 1 is 1.47 bits per heavy atom. The SMILES string of the molecule is CCC(C)C1CN(C2(C)CCS(=O)(=O)C2)CCCN1. The van der Waals surface area contributed by atoms with Crippen LogP contribution in [0.2, 0.25) is 0 Å². The summed E-state index contributed by atoms with van der Waals surface area (Å²) in [7, 11) is -2.82. The molecule has 2 aliphatic heterocycles. The van der Waals surface area contributed by atoms with Crippen LogP contribution >= 0.6 is 0 Å². The van der Waals surface area contributed by atoms with Gasteiger partial charge in [-0.3, -0.25) is 4.90 Å². The minimum absolute atomic E-state index is 0.142. The molecule has 0 spiro atoms. The number of hydrogen-bond acceptors (Lipinski definition) is 4. The second-order valence-electron chi connectivity index (χ2n) is 6.58. The van der Waals surface area contributed by atoms with E-state index in [2.05, 4.69) is 31.0 Å². The highest BCUT2D eigenvalue weighted by Crippen LogP contribution is 2.31. The predicted octanol–water partition coefficient (Wildman–Crippen LogP) is 1.27. The molecule has 0 aromatic heterocycles. The molecule has 112 valence electrons. The lowest BCUT2D eigenvalue weighted by Crippen LogP contribution is -2.52. The molecule has 1 N–H and O–H groups in total. The van der Waals surface area contributed by atoms with E-state index in [4.69, 9.17) is 0 Å². The molecule has 3 atom stereocenters. The van der Waals surface area contributed by atoms with E-state index in [1.54, 1.807) is 0 Å². The molecular weight excluding hydrogens is 260 g/mol. The molecule has 2 heterocycles. The molecule has 2 saturated heterocycles. The van der Waals surface area contributed by atoms with Crippen molar-refractivity contribution in [1.82, 2.24) is 10.2 Å². The van der Waals surface area contributed by atoms with Crippen LogP contribution in [0.5, 0.6) is 0 Å². The lowest BCUT2D eigenvalue weighted by atomic mass is 9.94. The Kier molecular flexibility index (Phi) is 4.58. The number of hydrogen-bond donors (Lipinski definition) is 1. The van der Waals surface area contributed by atoms with Crippen molar-refractivity contribution < 1.29 is 8.42 Å². The molecule has 19 heavy (non-hydrogen) atoms. The number of sulfone groups is 1. The third-order valence-electron chi connectivity index (χ3n) is 5.01. The van der Waals surface area contributed by atoms with E-state index in [1.807, 2.05) is 0 Å². The van der Waals surface area contributed by atoms with E-state index in [9.17, 15) is 8.42 Å². The van der Waals surface area contributed by atoms with Crippen molar-refractivity contribution in [1.29, 1.82) is 0 Å². The summed E-state index contributed by atoms with van der Waals surface area (Å²) in [4.78, 5) is 2.44. The number of rotatable bonds is 3. The van der Waals surface area contributed by atoms with E-state index in [0.717, 1.165) is 32.5 Å². The zero-order chi connectivity index (χ0) is 14.1. The Morgan fingerprint density at radius 3 is 2.79 bits per heavy atom. The molecule has 0 saturated carbocycles. The van der Waals surface area contributed by atoms with Crippen molar-refractivity contribution in [3.05, 3.63) is 0 Å². The third-order valence-corrected chi connectivity index (χ3v) is 6.89. The van der Waals surface area contributed by atoms with Crippen LogP contribution in [0.25, 0.3) is 0 Å². The lowest BCUT2D eigenvalue weighted by molar-refractivity contribution is 0.114. The van der Waals surface area contributed by atoms with Gasteiger partial charge in [-0.05, 0) is 38.8 Å². The fourth-order valence-electron chi connectivity index (χ4n) is 3.35. The maximum atomic E-state index is 11.8. The largest absolute Gasteiger partial charge is 0.312 e. The first-order valence-corrected chi connectivity index (χ1v) is 9.37. The maximum Gasteiger partial charge on any atom is 0.152 e. The quantitative estimate of drug-likeness (QED) is 0.850. The standard InChI is InChI=1S/C14H28N2O2S/c1-4-12(2)13-10-16(8-5-7-15-13)14(3)6-9-19(17,18)11-14/h12-13,15H,4-11H2,1-3H3. The van der Waals surface area contributed by atoms with Gasteiger partial charge in [0.2, 0.25) is 0 Å². The normalized spacial score (nSPS) is 37.9. The van der Waals surface area contributed by atoms with Crippen molar-refractivity contribution in [2.75, 3.05) is 31.1 Å². The van der Waals surface area contributed by atoms with E-state index in [0.29, 0.717) is 23.5 Å². The summed E-state index contributed by atoms with van der Waals surface area (Å²) in [6.45, 7) is 9.70. The Morgan fingerprint density at radius 2 is 2.21 bits per heavy atom. The molecule has 0 bridgehead atoms. The van der Waals surface area contributed by atoms with Crippen molar-refractivity contribution in [2.45, 2.75) is 51.6 Å². The van der Waals surface area contributed by atoms with E-state index >= 15 is 0 Å². The molecule has 2 aliphatic rings. The van der Waals surface area contributed by atoms with Gasteiger partial charge in [-0.15, -0.1) is 0 Å². The van der Waals surface area contributed by atoms with E-state index in [-0.39, 0.29) is 5.54 Å². The summed E-state index contributed by atoms with van der Waals surface area (Å²) in [5, 5.41) is 3.63. The van der Waals surface area contributed by atoms with Gasteiger partial charge in [-0.1, -0.05) is 20.3 Å². The van der Waals surface area contributed by atoms with Gasteiger partial charge in [0.1, 0.15) is 0 Å². The Balaban J connectivity index is 2.10. The molecule has 2 fully saturated rings. The Bertz CT molecular complexity index is 410. The van der Waals surface area contributed by atoms with Crippen molar-refractivity contribution >= 4 is 9.84 Å². The highest BCUT2D eigenvalue weighted by molar-refractivity contribution is 7.91. The molecule has 0 radical (unpaired) electrons. The molecule has 5 heteroatoms. The van der Waals surface area contributed by atoms with Crippen molar-refractivity contribution in [3.8, 4) is 0 Å². The Hall–Kier alpha value is -0.130. The Labute approximate surface area is 117 Å². The molecule has 0 aromatic carbocycles. The van der Waals surface area contributed by atoms with E-state index in [1.165, 1.54) is 6.42 Å². The lowest BCUT2D eigenvalue weighted by Gasteiger charge is -2.39. The summed E-state index contributed by atoms with van der Waals surface area (Å²) >= 11 is 0. The number of nitrogens with zero attached hydrogens (tertiary/aromatic N) is 1. The van der Waals surface area contributed by atoms with Gasteiger partial charge in [-0.2, -0.15) is 0 Å². The zero-order valence-electron chi connectivity index (χ0n) is 12.5. The minimum Gasteiger partial charge on any atom is -0.312 e. The first-order chi connectivity index (χ1) is 8.86. The van der Waals surface area contributed by atoms with Gasteiger partial charge in [-0.25, -0.2) is 8.42 Å². The topological polar surface area (TPSA) is 49.4 Å². The van der Waals surface area contributed by atoms with Gasteiger partial charge in [0.25, 0.3) is 0 Å². The fourth-order valence-corrected chi connectivity index (χ4v) is 5.52. The summed E-state index contributed by atoms with van der Waals surface area (Å²) in [6, 6.07) is 0.493. The van der Waals surface area contributed by atoms with Crippen LogP contribution in [-0.4, -0.2) is 56.0 Å². The molecule has 4 nitrogen and oxygen atoms in total. The smallest absolute Gasteiger partial charge is 0.152 e. The molecule has 0 aromatic rings. The van der Waals surface area contributed by atoms with Crippen LogP contribution in [0.15, 0.2) is 0 Å². The van der Waals surface area contributed by atoms with Crippen molar-refractivity contribution in [3.63, 3.8) is 0 Å². The van der Waals surface area contributed by atoms with Crippen molar-refractivity contribution in [2.24, 2.45) is 5.92 Å². The molecule has 0 aliphatic carbocycles. The first kappa shape index (κ1) is 15.3. The van der Waals surface area contributed by atoms with E-state index < -0.39 is 9.84 Å². The van der Waals surface area contributed by atoms with Crippen LogP contribution in [0.4, 0.5) is 0 Å². The third kappa shape index (κ3) is 3.50. The average molecular weight is 288 g/mol. The summed E-state index contributed by atoms with van der Waals surface area (Å²) in [6.07, 6.45) is 3.08. The van der Waals surface area contributed by atoms with Gasteiger partial charge in [0, 0.05) is 18.1 Å². The molecular formula is C14H28N2O2S. The van der Waals surface area contributed by atoms with Gasteiger partial charge >= 0.3 is 0 Å². The van der Waals surface area contributed by atoms with Crippen LogP contribution in [0, 0.1) is 5.92 Å². The molecule has 0 amide bonds. The molecule has 2 rings (SSSR count). The predicted molar refractivity (Wildman–Crippen MR) is 79.1 cm³/mol. The van der Waals surface area contributed by atoms with Crippen LogP contribution in [0.1, 0.15) is 40.0 Å². The summed E-state index contributed by atoms with van der Waals surface area (Å²) in [5.74, 6) is 1.34.